The molecule has 146 valence electrons. The van der Waals surface area contributed by atoms with Crippen LogP contribution >= 0.6 is 11.3 Å². The SMILES string of the molecule is CCCCOC(=O)/C(C#N)=C/c1csc(N(C(C)=O)c2cccc(C)c2C)n1. The Morgan fingerprint density at radius 2 is 2.11 bits per heavy atom. The van der Waals surface area contributed by atoms with E-state index < -0.39 is 5.97 Å². The lowest BCUT2D eigenvalue weighted by molar-refractivity contribution is -0.138. The minimum absolute atomic E-state index is 0.117. The van der Waals surface area contributed by atoms with Crippen LogP contribution < -0.4 is 4.90 Å². The van der Waals surface area contributed by atoms with E-state index in [0.29, 0.717) is 10.8 Å². The number of carbonyl (C=O) groups excluding carboxylic acids is 2. The van der Waals surface area contributed by atoms with Gasteiger partial charge in [-0.05, 0) is 43.5 Å². The van der Waals surface area contributed by atoms with Gasteiger partial charge in [0.25, 0.3) is 0 Å². The maximum Gasteiger partial charge on any atom is 0.348 e. The van der Waals surface area contributed by atoms with Gasteiger partial charge in [0.15, 0.2) is 5.13 Å². The smallest absolute Gasteiger partial charge is 0.348 e. The molecular formula is C21H23N3O3S. The molecule has 0 radical (unpaired) electrons. The topological polar surface area (TPSA) is 83.3 Å². The van der Waals surface area contributed by atoms with E-state index >= 15 is 0 Å². The van der Waals surface area contributed by atoms with Gasteiger partial charge in [-0.3, -0.25) is 9.69 Å². The molecule has 0 atom stereocenters. The van der Waals surface area contributed by atoms with Crippen molar-refractivity contribution in [2.75, 3.05) is 11.5 Å². The van der Waals surface area contributed by atoms with Crippen molar-refractivity contribution >= 4 is 40.1 Å². The highest BCUT2D eigenvalue weighted by atomic mass is 32.1. The Kier molecular flexibility index (Phi) is 7.47. The third kappa shape index (κ3) is 5.05. The molecule has 0 aliphatic rings. The Labute approximate surface area is 169 Å². The first kappa shape index (κ1) is 21.3. The number of esters is 1. The van der Waals surface area contributed by atoms with Gasteiger partial charge in [0, 0.05) is 12.3 Å². The fourth-order valence-electron chi connectivity index (χ4n) is 2.50. The molecule has 0 fully saturated rings. The van der Waals surface area contributed by atoms with Crippen molar-refractivity contribution in [2.45, 2.75) is 40.5 Å². The lowest BCUT2D eigenvalue weighted by atomic mass is 10.1. The highest BCUT2D eigenvalue weighted by molar-refractivity contribution is 7.14. The molecule has 2 aromatic rings. The number of unbranched alkanes of at least 4 members (excludes halogenated alkanes) is 1. The summed E-state index contributed by atoms with van der Waals surface area (Å²) >= 11 is 1.27. The molecule has 1 heterocycles. The second kappa shape index (κ2) is 9.81. The van der Waals surface area contributed by atoms with Crippen molar-refractivity contribution in [1.82, 2.24) is 4.98 Å². The van der Waals surface area contributed by atoms with Crippen LogP contribution in [-0.2, 0) is 14.3 Å². The van der Waals surface area contributed by atoms with Gasteiger partial charge in [-0.15, -0.1) is 11.3 Å². The van der Waals surface area contributed by atoms with Gasteiger partial charge in [0.2, 0.25) is 5.91 Å². The largest absolute Gasteiger partial charge is 0.462 e. The lowest BCUT2D eigenvalue weighted by Gasteiger charge is -2.21. The van der Waals surface area contributed by atoms with E-state index in [1.807, 2.05) is 45.0 Å². The standard InChI is InChI=1S/C21H23N3O3S/c1-5-6-10-27-20(26)17(12-22)11-18-13-28-21(23-18)24(16(4)25)19-9-7-8-14(2)15(19)3/h7-9,11,13H,5-6,10H2,1-4H3/b17-11+. The zero-order valence-corrected chi connectivity index (χ0v) is 17.3. The number of ether oxygens (including phenoxy) is 1. The summed E-state index contributed by atoms with van der Waals surface area (Å²) in [4.78, 5) is 30.3. The number of anilines is 2. The van der Waals surface area contributed by atoms with Crippen LogP contribution in [0.3, 0.4) is 0 Å². The third-order valence-electron chi connectivity index (χ3n) is 4.20. The summed E-state index contributed by atoms with van der Waals surface area (Å²) in [6.45, 7) is 7.68. The van der Waals surface area contributed by atoms with E-state index in [1.54, 1.807) is 5.38 Å². The van der Waals surface area contributed by atoms with Crippen LogP contribution in [0.2, 0.25) is 0 Å². The van der Waals surface area contributed by atoms with E-state index in [4.69, 9.17) is 4.74 Å². The quantitative estimate of drug-likeness (QED) is 0.293. The molecule has 7 heteroatoms. The van der Waals surface area contributed by atoms with Gasteiger partial charge < -0.3 is 4.74 Å². The molecule has 1 aromatic heterocycles. The summed E-state index contributed by atoms with van der Waals surface area (Å²) in [5.74, 6) is -0.832. The fourth-order valence-corrected chi connectivity index (χ4v) is 3.34. The van der Waals surface area contributed by atoms with Crippen molar-refractivity contribution < 1.29 is 14.3 Å². The highest BCUT2D eigenvalue weighted by Gasteiger charge is 2.20. The van der Waals surface area contributed by atoms with E-state index in [-0.39, 0.29) is 18.1 Å². The molecule has 0 saturated heterocycles. The van der Waals surface area contributed by atoms with Crippen LogP contribution in [-0.4, -0.2) is 23.5 Å². The highest BCUT2D eigenvalue weighted by Crippen LogP contribution is 2.32. The zero-order chi connectivity index (χ0) is 20.7. The normalized spacial score (nSPS) is 11.0. The monoisotopic (exact) mass is 397 g/mol. The number of nitriles is 1. The van der Waals surface area contributed by atoms with Crippen molar-refractivity contribution in [1.29, 1.82) is 5.26 Å². The third-order valence-corrected chi connectivity index (χ3v) is 5.04. The van der Waals surface area contributed by atoms with Gasteiger partial charge in [-0.1, -0.05) is 25.5 Å². The predicted octanol–water partition coefficient (Wildman–Crippen LogP) is 4.69. The predicted molar refractivity (Wildman–Crippen MR) is 110 cm³/mol. The number of thiazole rings is 1. The van der Waals surface area contributed by atoms with E-state index in [1.165, 1.54) is 29.2 Å². The van der Waals surface area contributed by atoms with Crippen molar-refractivity contribution in [3.05, 3.63) is 46.0 Å². The van der Waals surface area contributed by atoms with Crippen LogP contribution in [0, 0.1) is 25.2 Å². The molecule has 0 N–H and O–H groups in total. The van der Waals surface area contributed by atoms with E-state index in [0.717, 1.165) is 29.7 Å². The fraction of sp³-hybridized carbons (Fsp3) is 0.333. The van der Waals surface area contributed by atoms with Crippen LogP contribution in [0.25, 0.3) is 6.08 Å². The van der Waals surface area contributed by atoms with Crippen molar-refractivity contribution in [2.24, 2.45) is 0 Å². The number of hydrogen-bond acceptors (Lipinski definition) is 6. The molecule has 0 bridgehead atoms. The molecule has 0 aliphatic heterocycles. The average Bonchev–Trinajstić information content (AvgIpc) is 3.11. The van der Waals surface area contributed by atoms with Crippen LogP contribution in [0.15, 0.2) is 29.2 Å². The molecule has 6 nitrogen and oxygen atoms in total. The van der Waals surface area contributed by atoms with Crippen molar-refractivity contribution in [3.63, 3.8) is 0 Å². The number of amides is 1. The van der Waals surface area contributed by atoms with Gasteiger partial charge in [0.05, 0.1) is 18.0 Å². The zero-order valence-electron chi connectivity index (χ0n) is 16.5. The maximum atomic E-state index is 12.3. The summed E-state index contributed by atoms with van der Waals surface area (Å²) in [7, 11) is 0. The molecular weight excluding hydrogens is 374 g/mol. The Bertz CT molecular complexity index is 941. The molecule has 1 amide bonds. The van der Waals surface area contributed by atoms with Gasteiger partial charge in [-0.2, -0.15) is 5.26 Å². The first-order chi connectivity index (χ1) is 13.4. The Morgan fingerprint density at radius 1 is 1.36 bits per heavy atom. The van der Waals surface area contributed by atoms with E-state index in [2.05, 4.69) is 4.98 Å². The Hall–Kier alpha value is -2.98. The minimum Gasteiger partial charge on any atom is -0.462 e. The first-order valence-electron chi connectivity index (χ1n) is 9.00. The molecule has 28 heavy (non-hydrogen) atoms. The second-order valence-electron chi connectivity index (χ2n) is 6.29. The van der Waals surface area contributed by atoms with Crippen LogP contribution in [0.4, 0.5) is 10.8 Å². The van der Waals surface area contributed by atoms with Crippen molar-refractivity contribution in [3.8, 4) is 6.07 Å². The number of benzene rings is 1. The van der Waals surface area contributed by atoms with Crippen LogP contribution in [0.1, 0.15) is 43.5 Å². The minimum atomic E-state index is -0.663. The summed E-state index contributed by atoms with van der Waals surface area (Å²) in [5.41, 5.74) is 3.13. The maximum absolute atomic E-state index is 12.3. The summed E-state index contributed by atoms with van der Waals surface area (Å²) in [6, 6.07) is 7.60. The molecule has 0 aliphatic carbocycles. The van der Waals surface area contributed by atoms with Gasteiger partial charge in [0.1, 0.15) is 11.6 Å². The summed E-state index contributed by atoms with van der Waals surface area (Å²) in [5, 5.41) is 11.4. The number of rotatable bonds is 7. The Balaban J connectivity index is 2.32. The number of carbonyl (C=O) groups is 2. The van der Waals surface area contributed by atoms with Gasteiger partial charge in [-0.25, -0.2) is 9.78 Å². The van der Waals surface area contributed by atoms with Crippen LogP contribution in [0.5, 0.6) is 0 Å². The molecule has 0 spiro atoms. The first-order valence-corrected chi connectivity index (χ1v) is 9.88. The van der Waals surface area contributed by atoms with Gasteiger partial charge >= 0.3 is 5.97 Å². The summed E-state index contributed by atoms with van der Waals surface area (Å²) < 4.78 is 5.08. The average molecular weight is 398 g/mol. The number of aromatic nitrogens is 1. The molecule has 1 aromatic carbocycles. The molecule has 2 rings (SSSR count). The number of aryl methyl sites for hydroxylation is 1. The number of hydrogen-bond donors (Lipinski definition) is 0. The molecule has 0 saturated carbocycles. The second-order valence-corrected chi connectivity index (χ2v) is 7.12. The summed E-state index contributed by atoms with van der Waals surface area (Å²) in [6.07, 6.45) is 3.03. The van der Waals surface area contributed by atoms with E-state index in [9.17, 15) is 14.9 Å². The number of nitrogens with zero attached hydrogens (tertiary/aromatic N) is 3. The Morgan fingerprint density at radius 3 is 2.75 bits per heavy atom. The molecule has 0 unspecified atom stereocenters. The lowest BCUT2D eigenvalue weighted by Crippen LogP contribution is -2.23.